The predicted molar refractivity (Wildman–Crippen MR) is 92.3 cm³/mol. The fourth-order valence-electron chi connectivity index (χ4n) is 3.70. The topological polar surface area (TPSA) is 30.8 Å². The maximum absolute atomic E-state index is 5.97. The summed E-state index contributed by atoms with van der Waals surface area (Å²) in [6.45, 7) is 7.46. The van der Waals surface area contributed by atoms with Crippen LogP contribution >= 0.6 is 0 Å². The van der Waals surface area contributed by atoms with Gasteiger partial charge in [0.2, 0.25) is 0 Å². The number of benzene rings is 2. The van der Waals surface area contributed by atoms with E-state index in [1.165, 1.54) is 27.8 Å². The summed E-state index contributed by atoms with van der Waals surface area (Å²) in [6, 6.07) is 12.9. The van der Waals surface area contributed by atoms with Crippen LogP contribution in [0, 0.1) is 13.8 Å². The highest BCUT2D eigenvalue weighted by atomic mass is 16.5. The second-order valence-corrected chi connectivity index (χ2v) is 6.70. The third kappa shape index (κ3) is 2.40. The van der Waals surface area contributed by atoms with Crippen molar-refractivity contribution in [3.05, 3.63) is 53.1 Å². The van der Waals surface area contributed by atoms with Crippen LogP contribution in [0.5, 0.6) is 5.75 Å². The van der Waals surface area contributed by atoms with Crippen LogP contribution in [-0.2, 0) is 11.2 Å². The number of aliphatic imine (C=N–C) groups is 1. The molecule has 2 aliphatic heterocycles. The van der Waals surface area contributed by atoms with Gasteiger partial charge in [0.1, 0.15) is 24.5 Å². The zero-order valence-corrected chi connectivity index (χ0v) is 13.8. The van der Waals surface area contributed by atoms with Gasteiger partial charge in [-0.2, -0.15) is 0 Å². The van der Waals surface area contributed by atoms with Crippen LogP contribution in [0.1, 0.15) is 23.6 Å². The van der Waals surface area contributed by atoms with Crippen LogP contribution in [0.4, 0.5) is 0 Å². The average Bonchev–Trinajstić information content (AvgIpc) is 2.87. The minimum atomic E-state index is -0.240. The van der Waals surface area contributed by atoms with E-state index in [1.807, 2.05) is 6.92 Å². The van der Waals surface area contributed by atoms with Gasteiger partial charge in [0, 0.05) is 13.3 Å². The van der Waals surface area contributed by atoms with E-state index in [4.69, 9.17) is 9.47 Å². The molecule has 2 heterocycles. The van der Waals surface area contributed by atoms with E-state index in [9.17, 15) is 0 Å². The van der Waals surface area contributed by atoms with Gasteiger partial charge in [-0.25, -0.2) is 4.99 Å². The number of hydrogen-bond acceptors (Lipinski definition) is 3. The molecule has 4 rings (SSSR count). The Balaban J connectivity index is 1.76. The standard InChI is InChI=1S/C20H21NO2/c1-13-5-4-6-14(2)19(13)16-7-8-18-17(9-16)10-20(12-23-18)11-22-15(3)21-20/h4-9H,10-12H2,1-3H3. The number of rotatable bonds is 1. The van der Waals surface area contributed by atoms with Crippen LogP contribution in [0.3, 0.4) is 0 Å². The highest BCUT2D eigenvalue weighted by Crippen LogP contribution is 2.37. The van der Waals surface area contributed by atoms with Crippen molar-refractivity contribution in [2.45, 2.75) is 32.7 Å². The zero-order chi connectivity index (χ0) is 16.0. The van der Waals surface area contributed by atoms with Gasteiger partial charge in [0.25, 0.3) is 0 Å². The normalized spacial score (nSPS) is 22.3. The van der Waals surface area contributed by atoms with Crippen molar-refractivity contribution in [3.8, 4) is 16.9 Å². The van der Waals surface area contributed by atoms with Crippen molar-refractivity contribution in [1.82, 2.24) is 0 Å². The van der Waals surface area contributed by atoms with Gasteiger partial charge < -0.3 is 9.47 Å². The van der Waals surface area contributed by atoms with Crippen LogP contribution in [0.15, 0.2) is 41.4 Å². The Morgan fingerprint density at radius 2 is 1.70 bits per heavy atom. The molecule has 2 aromatic carbocycles. The number of ether oxygens (including phenoxy) is 2. The lowest BCUT2D eigenvalue weighted by molar-refractivity contribution is 0.153. The zero-order valence-electron chi connectivity index (χ0n) is 13.8. The Hall–Kier alpha value is -2.29. The van der Waals surface area contributed by atoms with Gasteiger partial charge >= 0.3 is 0 Å². The van der Waals surface area contributed by atoms with Crippen molar-refractivity contribution in [1.29, 1.82) is 0 Å². The largest absolute Gasteiger partial charge is 0.491 e. The summed E-state index contributed by atoms with van der Waals surface area (Å²) in [6.07, 6.45) is 0.873. The van der Waals surface area contributed by atoms with Crippen molar-refractivity contribution in [2.24, 2.45) is 4.99 Å². The van der Waals surface area contributed by atoms with Crippen molar-refractivity contribution < 1.29 is 9.47 Å². The summed E-state index contributed by atoms with van der Waals surface area (Å²) in [4.78, 5) is 4.69. The molecule has 23 heavy (non-hydrogen) atoms. The highest BCUT2D eigenvalue weighted by molar-refractivity contribution is 5.76. The molecule has 0 radical (unpaired) electrons. The Kier molecular flexibility index (Phi) is 3.19. The molecule has 3 nitrogen and oxygen atoms in total. The molecule has 0 bridgehead atoms. The smallest absolute Gasteiger partial charge is 0.180 e. The number of hydrogen-bond donors (Lipinski definition) is 0. The second kappa shape index (κ2) is 5.12. The molecule has 0 saturated heterocycles. The highest BCUT2D eigenvalue weighted by Gasteiger charge is 2.40. The molecule has 2 aliphatic rings. The predicted octanol–water partition coefficient (Wildman–Crippen LogP) is 4.09. The first-order valence-corrected chi connectivity index (χ1v) is 8.08. The van der Waals surface area contributed by atoms with E-state index in [0.717, 1.165) is 18.1 Å². The summed E-state index contributed by atoms with van der Waals surface area (Å²) in [5.74, 6) is 1.74. The molecule has 118 valence electrons. The Morgan fingerprint density at radius 3 is 2.39 bits per heavy atom. The summed E-state index contributed by atoms with van der Waals surface area (Å²) in [7, 11) is 0. The van der Waals surface area contributed by atoms with Crippen molar-refractivity contribution >= 4 is 5.90 Å². The van der Waals surface area contributed by atoms with Gasteiger partial charge in [-0.1, -0.05) is 24.3 Å². The first-order valence-electron chi connectivity index (χ1n) is 8.08. The van der Waals surface area contributed by atoms with Crippen LogP contribution in [0.2, 0.25) is 0 Å². The maximum Gasteiger partial charge on any atom is 0.180 e. The number of aryl methyl sites for hydroxylation is 2. The lowest BCUT2D eigenvalue weighted by atomic mass is 9.87. The summed E-state index contributed by atoms with van der Waals surface area (Å²) in [5.41, 5.74) is 6.15. The van der Waals surface area contributed by atoms with E-state index in [0.29, 0.717) is 13.2 Å². The summed E-state index contributed by atoms with van der Waals surface area (Å²) < 4.78 is 11.6. The fraction of sp³-hybridized carbons (Fsp3) is 0.350. The Labute approximate surface area is 137 Å². The van der Waals surface area contributed by atoms with E-state index >= 15 is 0 Å². The summed E-state index contributed by atoms with van der Waals surface area (Å²) in [5, 5.41) is 0. The molecule has 1 spiro atoms. The van der Waals surface area contributed by atoms with Gasteiger partial charge in [0.05, 0.1) is 0 Å². The van der Waals surface area contributed by atoms with Crippen molar-refractivity contribution in [3.63, 3.8) is 0 Å². The van der Waals surface area contributed by atoms with Gasteiger partial charge in [0.15, 0.2) is 5.90 Å². The minimum absolute atomic E-state index is 0.240. The lowest BCUT2D eigenvalue weighted by Gasteiger charge is -2.31. The minimum Gasteiger partial charge on any atom is -0.491 e. The first-order chi connectivity index (χ1) is 11.1. The van der Waals surface area contributed by atoms with Gasteiger partial charge in [-0.15, -0.1) is 0 Å². The maximum atomic E-state index is 5.97. The van der Waals surface area contributed by atoms with Gasteiger partial charge in [-0.3, -0.25) is 0 Å². The first kappa shape index (κ1) is 14.3. The Morgan fingerprint density at radius 1 is 0.957 bits per heavy atom. The van der Waals surface area contributed by atoms with E-state index in [-0.39, 0.29) is 5.54 Å². The van der Waals surface area contributed by atoms with Crippen LogP contribution < -0.4 is 4.74 Å². The second-order valence-electron chi connectivity index (χ2n) is 6.70. The van der Waals surface area contributed by atoms with Crippen LogP contribution in [-0.4, -0.2) is 24.7 Å². The molecule has 1 unspecified atom stereocenters. The molecule has 2 aromatic rings. The third-order valence-electron chi connectivity index (χ3n) is 4.79. The Bertz CT molecular complexity index is 789. The molecule has 0 aliphatic carbocycles. The summed E-state index contributed by atoms with van der Waals surface area (Å²) >= 11 is 0. The number of fused-ring (bicyclic) bond motifs is 1. The average molecular weight is 307 g/mol. The van der Waals surface area contributed by atoms with E-state index in [1.54, 1.807) is 0 Å². The third-order valence-corrected chi connectivity index (χ3v) is 4.79. The van der Waals surface area contributed by atoms with Gasteiger partial charge in [-0.05, 0) is 53.8 Å². The SMILES string of the molecule is CC1=NC2(CO1)COc1ccc(-c3c(C)cccc3C)cc1C2. The molecular weight excluding hydrogens is 286 g/mol. The van der Waals surface area contributed by atoms with Crippen molar-refractivity contribution in [2.75, 3.05) is 13.2 Å². The molecule has 3 heteroatoms. The number of nitrogens with zero attached hydrogens (tertiary/aromatic N) is 1. The lowest BCUT2D eigenvalue weighted by Crippen LogP contribution is -2.41. The monoisotopic (exact) mass is 307 g/mol. The molecular formula is C20H21NO2. The van der Waals surface area contributed by atoms with Crippen LogP contribution in [0.25, 0.3) is 11.1 Å². The molecule has 0 N–H and O–H groups in total. The molecule has 0 fully saturated rings. The molecule has 1 atom stereocenters. The quantitative estimate of drug-likeness (QED) is 0.794. The van der Waals surface area contributed by atoms with E-state index in [2.05, 4.69) is 55.2 Å². The fourth-order valence-corrected chi connectivity index (χ4v) is 3.70. The van der Waals surface area contributed by atoms with E-state index < -0.39 is 0 Å². The molecule has 0 saturated carbocycles. The molecule has 0 aromatic heterocycles. The molecule has 0 amide bonds.